The van der Waals surface area contributed by atoms with E-state index in [9.17, 15) is 9.18 Å². The highest BCUT2D eigenvalue weighted by Gasteiger charge is 2.20. The Morgan fingerprint density at radius 3 is 2.85 bits per heavy atom. The molecular formula is C20H17FN4OS. The van der Waals surface area contributed by atoms with Crippen LogP contribution in [0.4, 0.5) is 10.1 Å². The van der Waals surface area contributed by atoms with E-state index >= 15 is 0 Å². The van der Waals surface area contributed by atoms with Crippen LogP contribution in [0.2, 0.25) is 0 Å². The molecule has 27 heavy (non-hydrogen) atoms. The number of aromatic nitrogens is 3. The highest BCUT2D eigenvalue weighted by atomic mass is 32.1. The third-order valence-corrected chi connectivity index (χ3v) is 5.52. The fraction of sp³-hybridized carbons (Fsp3) is 0.150. The van der Waals surface area contributed by atoms with Gasteiger partial charge >= 0.3 is 0 Å². The fourth-order valence-electron chi connectivity index (χ4n) is 3.00. The van der Waals surface area contributed by atoms with Crippen molar-refractivity contribution in [3.8, 4) is 10.6 Å². The van der Waals surface area contributed by atoms with E-state index in [0.717, 1.165) is 28.1 Å². The molecule has 0 radical (unpaired) electrons. The SMILES string of the molecule is CCn1cc(-c2nc(C)c(C(=O)Nc3ccccc3F)s2)c2cccnc21. The van der Waals surface area contributed by atoms with Crippen LogP contribution < -0.4 is 5.32 Å². The number of thiazole rings is 1. The third-order valence-electron chi connectivity index (χ3n) is 4.33. The summed E-state index contributed by atoms with van der Waals surface area (Å²) in [6, 6.07) is 9.99. The quantitative estimate of drug-likeness (QED) is 0.549. The molecule has 1 aromatic carbocycles. The molecule has 3 aromatic heterocycles. The average molecular weight is 380 g/mol. The molecule has 0 aliphatic carbocycles. The van der Waals surface area contributed by atoms with Crippen molar-refractivity contribution >= 4 is 34.0 Å². The zero-order chi connectivity index (χ0) is 19.0. The van der Waals surface area contributed by atoms with E-state index in [1.54, 1.807) is 25.3 Å². The number of benzene rings is 1. The van der Waals surface area contributed by atoms with E-state index < -0.39 is 5.82 Å². The Hall–Kier alpha value is -3.06. The van der Waals surface area contributed by atoms with Gasteiger partial charge in [-0.2, -0.15) is 0 Å². The zero-order valence-corrected chi connectivity index (χ0v) is 15.7. The standard InChI is InChI=1S/C20H17FN4OS/c1-3-25-11-14(13-7-6-10-22-18(13)25)20-23-12(2)17(27-20)19(26)24-16-9-5-4-8-15(16)21/h4-11H,3H2,1-2H3,(H,24,26). The molecule has 0 fully saturated rings. The van der Waals surface area contributed by atoms with Gasteiger partial charge < -0.3 is 9.88 Å². The van der Waals surface area contributed by atoms with Crippen molar-refractivity contribution in [1.29, 1.82) is 0 Å². The molecule has 7 heteroatoms. The summed E-state index contributed by atoms with van der Waals surface area (Å²) >= 11 is 1.30. The normalized spacial score (nSPS) is 11.1. The highest BCUT2D eigenvalue weighted by molar-refractivity contribution is 7.17. The maximum atomic E-state index is 13.8. The minimum absolute atomic E-state index is 0.156. The monoisotopic (exact) mass is 380 g/mol. The van der Waals surface area contributed by atoms with Crippen LogP contribution in [-0.2, 0) is 6.54 Å². The first kappa shape index (κ1) is 17.4. The Morgan fingerprint density at radius 2 is 2.07 bits per heavy atom. The second-order valence-corrected chi connectivity index (χ2v) is 7.07. The minimum Gasteiger partial charge on any atom is -0.332 e. The predicted octanol–water partition coefficient (Wildman–Crippen LogP) is 4.88. The van der Waals surface area contributed by atoms with E-state index in [-0.39, 0.29) is 11.6 Å². The van der Waals surface area contributed by atoms with Gasteiger partial charge in [0.1, 0.15) is 21.3 Å². The number of aryl methyl sites for hydroxylation is 2. The van der Waals surface area contributed by atoms with Crippen LogP contribution in [-0.4, -0.2) is 20.4 Å². The van der Waals surface area contributed by atoms with E-state index in [1.807, 2.05) is 18.3 Å². The second kappa shape index (κ2) is 6.92. The molecule has 3 heterocycles. The molecule has 1 amide bonds. The average Bonchev–Trinajstić information content (AvgIpc) is 3.24. The van der Waals surface area contributed by atoms with Gasteiger partial charge in [-0.05, 0) is 38.1 Å². The van der Waals surface area contributed by atoms with E-state index in [1.165, 1.54) is 23.5 Å². The Kier molecular flexibility index (Phi) is 4.45. The number of amides is 1. The molecule has 0 saturated heterocycles. The van der Waals surface area contributed by atoms with Gasteiger partial charge in [0.15, 0.2) is 0 Å². The van der Waals surface area contributed by atoms with Crippen LogP contribution in [0.25, 0.3) is 21.6 Å². The number of para-hydroxylation sites is 1. The zero-order valence-electron chi connectivity index (χ0n) is 14.9. The van der Waals surface area contributed by atoms with Crippen LogP contribution in [0.3, 0.4) is 0 Å². The summed E-state index contributed by atoms with van der Waals surface area (Å²) in [6.45, 7) is 4.63. The van der Waals surface area contributed by atoms with Gasteiger partial charge in [-0.1, -0.05) is 12.1 Å². The molecular weight excluding hydrogens is 363 g/mol. The lowest BCUT2D eigenvalue weighted by Crippen LogP contribution is -2.12. The van der Waals surface area contributed by atoms with Crippen molar-refractivity contribution in [2.75, 3.05) is 5.32 Å². The number of pyridine rings is 1. The molecule has 0 bridgehead atoms. The van der Waals surface area contributed by atoms with E-state index in [2.05, 4.69) is 26.8 Å². The van der Waals surface area contributed by atoms with Crippen LogP contribution in [0.5, 0.6) is 0 Å². The van der Waals surface area contributed by atoms with Gasteiger partial charge in [0.2, 0.25) is 0 Å². The molecule has 1 N–H and O–H groups in total. The third kappa shape index (κ3) is 3.10. The van der Waals surface area contributed by atoms with Crippen molar-refractivity contribution in [3.05, 3.63) is 65.2 Å². The molecule has 0 atom stereocenters. The molecule has 4 aromatic rings. The van der Waals surface area contributed by atoms with Crippen molar-refractivity contribution in [2.45, 2.75) is 20.4 Å². The molecule has 0 aliphatic rings. The number of carbonyl (C=O) groups excluding carboxylic acids is 1. The molecule has 136 valence electrons. The number of rotatable bonds is 4. The van der Waals surface area contributed by atoms with Crippen molar-refractivity contribution in [2.24, 2.45) is 0 Å². The summed E-state index contributed by atoms with van der Waals surface area (Å²) in [5.41, 5.74) is 2.60. The lowest BCUT2D eigenvalue weighted by Gasteiger charge is -2.04. The lowest BCUT2D eigenvalue weighted by molar-refractivity contribution is 0.102. The Bertz CT molecular complexity index is 1150. The van der Waals surface area contributed by atoms with Gasteiger partial charge in [0.25, 0.3) is 5.91 Å². The second-order valence-electron chi connectivity index (χ2n) is 6.07. The summed E-state index contributed by atoms with van der Waals surface area (Å²) in [5.74, 6) is -0.830. The van der Waals surface area contributed by atoms with Gasteiger partial charge in [-0.25, -0.2) is 14.4 Å². The van der Waals surface area contributed by atoms with Gasteiger partial charge in [-0.3, -0.25) is 4.79 Å². The van der Waals surface area contributed by atoms with Crippen molar-refractivity contribution < 1.29 is 9.18 Å². The molecule has 0 saturated carbocycles. The molecule has 0 spiro atoms. The Morgan fingerprint density at radius 1 is 1.26 bits per heavy atom. The first-order valence-electron chi connectivity index (χ1n) is 8.56. The fourth-order valence-corrected chi connectivity index (χ4v) is 3.98. The number of halogens is 1. The van der Waals surface area contributed by atoms with Crippen molar-refractivity contribution in [3.63, 3.8) is 0 Å². The van der Waals surface area contributed by atoms with Gasteiger partial charge in [0, 0.05) is 29.9 Å². The summed E-state index contributed by atoms with van der Waals surface area (Å²) in [5, 5.41) is 4.37. The number of hydrogen-bond acceptors (Lipinski definition) is 4. The Balaban J connectivity index is 1.72. The van der Waals surface area contributed by atoms with Crippen molar-refractivity contribution in [1.82, 2.24) is 14.5 Å². The number of carbonyl (C=O) groups is 1. The maximum absolute atomic E-state index is 13.8. The first-order chi connectivity index (χ1) is 13.1. The number of nitrogens with zero attached hydrogens (tertiary/aromatic N) is 3. The molecule has 4 rings (SSSR count). The first-order valence-corrected chi connectivity index (χ1v) is 9.37. The van der Waals surface area contributed by atoms with Crippen LogP contribution in [0.15, 0.2) is 48.8 Å². The van der Waals surface area contributed by atoms with Crippen LogP contribution in [0.1, 0.15) is 22.3 Å². The number of nitrogens with one attached hydrogen (secondary N) is 1. The Labute approximate surface area is 159 Å². The molecule has 0 unspecified atom stereocenters. The summed E-state index contributed by atoms with van der Waals surface area (Å²) in [6.07, 6.45) is 3.77. The highest BCUT2D eigenvalue weighted by Crippen LogP contribution is 2.34. The summed E-state index contributed by atoms with van der Waals surface area (Å²) in [7, 11) is 0. The molecule has 5 nitrogen and oxygen atoms in total. The maximum Gasteiger partial charge on any atom is 0.267 e. The number of anilines is 1. The molecule has 0 aliphatic heterocycles. The summed E-state index contributed by atoms with van der Waals surface area (Å²) in [4.78, 5) is 22.1. The van der Waals surface area contributed by atoms with Crippen LogP contribution in [0, 0.1) is 12.7 Å². The largest absolute Gasteiger partial charge is 0.332 e. The minimum atomic E-state index is -0.467. The van der Waals surface area contributed by atoms with Crippen LogP contribution >= 0.6 is 11.3 Å². The smallest absolute Gasteiger partial charge is 0.267 e. The van der Waals surface area contributed by atoms with Gasteiger partial charge in [-0.15, -0.1) is 11.3 Å². The van der Waals surface area contributed by atoms with E-state index in [0.29, 0.717) is 10.6 Å². The number of fused-ring (bicyclic) bond motifs is 1. The summed E-state index contributed by atoms with van der Waals surface area (Å²) < 4.78 is 15.9. The lowest BCUT2D eigenvalue weighted by atomic mass is 10.2. The van der Waals surface area contributed by atoms with Gasteiger partial charge in [0.05, 0.1) is 11.4 Å². The predicted molar refractivity (Wildman–Crippen MR) is 106 cm³/mol. The van der Waals surface area contributed by atoms with E-state index in [4.69, 9.17) is 0 Å². The number of hydrogen-bond donors (Lipinski definition) is 1. The topological polar surface area (TPSA) is 59.8 Å².